The van der Waals surface area contributed by atoms with Gasteiger partial charge in [-0.05, 0) is 25.0 Å². The lowest BCUT2D eigenvalue weighted by Gasteiger charge is -2.40. The van der Waals surface area contributed by atoms with Crippen molar-refractivity contribution in [2.45, 2.75) is 41.7 Å². The van der Waals surface area contributed by atoms with E-state index in [1.54, 1.807) is 25.3 Å². The largest absolute Gasteiger partial charge is 0.497 e. The first-order valence-corrected chi connectivity index (χ1v) is 8.24. The van der Waals surface area contributed by atoms with Gasteiger partial charge in [-0.2, -0.15) is 0 Å². The molecule has 5 heteroatoms. The zero-order chi connectivity index (χ0) is 13.5. The first kappa shape index (κ1) is 12.8. The summed E-state index contributed by atoms with van der Waals surface area (Å²) in [4.78, 5) is 0.403. The molecule has 0 unspecified atom stereocenters. The second-order valence-electron chi connectivity index (χ2n) is 5.46. The smallest absolute Gasteiger partial charge is 0.187 e. The normalized spacial score (nSPS) is 23.4. The molecule has 4 nitrogen and oxygen atoms in total. The van der Waals surface area contributed by atoms with Crippen LogP contribution in [0, 0.1) is 0 Å². The van der Waals surface area contributed by atoms with Crippen LogP contribution in [-0.2, 0) is 9.84 Å². The SMILES string of the molecule is COc1ccc2c(c1)S(=O)(=O)C1(CCCCC1)CN2. The second kappa shape index (κ2) is 4.40. The third-order valence-corrected chi connectivity index (χ3v) is 7.02. The summed E-state index contributed by atoms with van der Waals surface area (Å²) in [6.45, 7) is 0.536. The van der Waals surface area contributed by atoms with Crippen molar-refractivity contribution in [2.75, 3.05) is 19.0 Å². The maximum Gasteiger partial charge on any atom is 0.187 e. The van der Waals surface area contributed by atoms with E-state index >= 15 is 0 Å². The molecule has 0 amide bonds. The third-order valence-electron chi connectivity index (χ3n) is 4.41. The van der Waals surface area contributed by atoms with Crippen LogP contribution in [0.1, 0.15) is 32.1 Å². The monoisotopic (exact) mass is 281 g/mol. The molecular formula is C14H19NO3S. The first-order valence-electron chi connectivity index (χ1n) is 6.76. The molecule has 1 aromatic rings. The van der Waals surface area contributed by atoms with Crippen LogP contribution in [-0.4, -0.2) is 26.8 Å². The van der Waals surface area contributed by atoms with E-state index in [0.717, 1.165) is 32.1 Å². The number of rotatable bonds is 1. The van der Waals surface area contributed by atoms with E-state index in [1.807, 2.05) is 0 Å². The Balaban J connectivity index is 2.12. The van der Waals surface area contributed by atoms with Crippen LogP contribution in [0.4, 0.5) is 5.69 Å². The summed E-state index contributed by atoms with van der Waals surface area (Å²) in [5, 5.41) is 3.30. The van der Waals surface area contributed by atoms with Crippen molar-refractivity contribution in [1.29, 1.82) is 0 Å². The van der Waals surface area contributed by atoms with E-state index in [0.29, 0.717) is 22.9 Å². The Morgan fingerprint density at radius 1 is 1.21 bits per heavy atom. The molecular weight excluding hydrogens is 262 g/mol. The zero-order valence-corrected chi connectivity index (χ0v) is 11.9. The fraction of sp³-hybridized carbons (Fsp3) is 0.571. The van der Waals surface area contributed by atoms with Gasteiger partial charge in [0.05, 0.1) is 22.4 Å². The van der Waals surface area contributed by atoms with Gasteiger partial charge in [-0.3, -0.25) is 0 Å². The predicted octanol–water partition coefficient (Wildman–Crippen LogP) is 2.60. The number of nitrogens with one attached hydrogen (secondary N) is 1. The van der Waals surface area contributed by atoms with Crippen LogP contribution in [0.2, 0.25) is 0 Å². The molecule has 1 saturated carbocycles. The zero-order valence-electron chi connectivity index (χ0n) is 11.1. The molecule has 0 saturated heterocycles. The molecule has 3 rings (SSSR count). The second-order valence-corrected chi connectivity index (χ2v) is 7.78. The number of hydrogen-bond acceptors (Lipinski definition) is 4. The van der Waals surface area contributed by atoms with Crippen molar-refractivity contribution in [3.05, 3.63) is 18.2 Å². The minimum absolute atomic E-state index is 0.403. The molecule has 0 radical (unpaired) electrons. The minimum Gasteiger partial charge on any atom is -0.497 e. The molecule has 1 aliphatic heterocycles. The number of hydrogen-bond donors (Lipinski definition) is 1. The van der Waals surface area contributed by atoms with Crippen LogP contribution < -0.4 is 10.1 Å². The van der Waals surface area contributed by atoms with Crippen molar-refractivity contribution in [1.82, 2.24) is 0 Å². The van der Waals surface area contributed by atoms with Gasteiger partial charge in [0.1, 0.15) is 5.75 Å². The lowest BCUT2D eigenvalue weighted by Crippen LogP contribution is -2.49. The highest BCUT2D eigenvalue weighted by atomic mass is 32.2. The van der Waals surface area contributed by atoms with Gasteiger partial charge >= 0.3 is 0 Å². The molecule has 0 bridgehead atoms. The van der Waals surface area contributed by atoms with Crippen molar-refractivity contribution in [3.63, 3.8) is 0 Å². The van der Waals surface area contributed by atoms with Crippen molar-refractivity contribution < 1.29 is 13.2 Å². The Kier molecular flexibility index (Phi) is 2.96. The lowest BCUT2D eigenvalue weighted by molar-refractivity contribution is 0.380. The fourth-order valence-electron chi connectivity index (χ4n) is 3.22. The Labute approximate surface area is 114 Å². The van der Waals surface area contributed by atoms with Crippen LogP contribution in [0.25, 0.3) is 0 Å². The summed E-state index contributed by atoms with van der Waals surface area (Å²) >= 11 is 0. The van der Waals surface area contributed by atoms with Crippen molar-refractivity contribution in [3.8, 4) is 5.75 Å². The number of fused-ring (bicyclic) bond motifs is 1. The van der Waals surface area contributed by atoms with E-state index in [2.05, 4.69) is 5.32 Å². The number of methoxy groups -OCH3 is 1. The number of anilines is 1. The van der Waals surface area contributed by atoms with E-state index in [4.69, 9.17) is 4.74 Å². The minimum atomic E-state index is -3.28. The van der Waals surface area contributed by atoms with E-state index < -0.39 is 14.6 Å². The molecule has 104 valence electrons. The summed E-state index contributed by atoms with van der Waals surface area (Å²) < 4.78 is 30.5. The number of sulfone groups is 1. The standard InChI is InChI=1S/C14H19NO3S/c1-18-11-5-6-12-13(9-11)19(16,17)14(10-15-12)7-3-2-4-8-14/h5-6,9,15H,2-4,7-8,10H2,1H3. The van der Waals surface area contributed by atoms with Gasteiger partial charge in [0.25, 0.3) is 0 Å². The third kappa shape index (κ3) is 1.83. The maximum atomic E-state index is 13.0. The molecule has 0 aromatic heterocycles. The molecule has 2 aliphatic rings. The summed E-state index contributed by atoms with van der Waals surface area (Å²) in [5.74, 6) is 0.594. The van der Waals surface area contributed by atoms with Gasteiger partial charge < -0.3 is 10.1 Å². The van der Waals surface area contributed by atoms with Gasteiger partial charge in [0.2, 0.25) is 0 Å². The van der Waals surface area contributed by atoms with Gasteiger partial charge in [-0.25, -0.2) is 8.42 Å². The summed E-state index contributed by atoms with van der Waals surface area (Å²) in [6, 6.07) is 5.23. The Bertz CT molecular complexity index is 589. The summed E-state index contributed by atoms with van der Waals surface area (Å²) in [6.07, 6.45) is 4.67. The van der Waals surface area contributed by atoms with Crippen LogP contribution >= 0.6 is 0 Å². The summed E-state index contributed by atoms with van der Waals surface area (Å²) in [5.41, 5.74) is 0.706. The quantitative estimate of drug-likeness (QED) is 0.859. The Hall–Kier alpha value is -1.23. The molecule has 0 atom stereocenters. The van der Waals surface area contributed by atoms with Crippen LogP contribution in [0.3, 0.4) is 0 Å². The first-order chi connectivity index (χ1) is 9.09. The van der Waals surface area contributed by atoms with Crippen LogP contribution in [0.15, 0.2) is 23.1 Å². The predicted molar refractivity (Wildman–Crippen MR) is 74.5 cm³/mol. The number of benzene rings is 1. The number of ether oxygens (including phenoxy) is 1. The Morgan fingerprint density at radius 3 is 2.63 bits per heavy atom. The van der Waals surface area contributed by atoms with Gasteiger partial charge in [-0.15, -0.1) is 0 Å². The van der Waals surface area contributed by atoms with Crippen LogP contribution in [0.5, 0.6) is 5.75 Å². The highest BCUT2D eigenvalue weighted by Crippen LogP contribution is 2.45. The maximum absolute atomic E-state index is 13.0. The highest BCUT2D eigenvalue weighted by Gasteiger charge is 2.48. The molecule has 1 N–H and O–H groups in total. The van der Waals surface area contributed by atoms with Crippen molar-refractivity contribution in [2.24, 2.45) is 0 Å². The van der Waals surface area contributed by atoms with E-state index in [9.17, 15) is 8.42 Å². The molecule has 1 aliphatic carbocycles. The Morgan fingerprint density at radius 2 is 1.95 bits per heavy atom. The highest BCUT2D eigenvalue weighted by molar-refractivity contribution is 7.93. The molecule has 1 spiro atoms. The van der Waals surface area contributed by atoms with Gasteiger partial charge in [0, 0.05) is 12.6 Å². The van der Waals surface area contributed by atoms with E-state index in [1.165, 1.54) is 0 Å². The molecule has 1 fully saturated rings. The molecule has 1 heterocycles. The van der Waals surface area contributed by atoms with Crippen molar-refractivity contribution >= 4 is 15.5 Å². The molecule has 19 heavy (non-hydrogen) atoms. The summed E-state index contributed by atoms with van der Waals surface area (Å²) in [7, 11) is -1.72. The fourth-order valence-corrected chi connectivity index (χ4v) is 5.48. The average molecular weight is 281 g/mol. The van der Waals surface area contributed by atoms with Gasteiger partial charge in [-0.1, -0.05) is 19.3 Å². The van der Waals surface area contributed by atoms with Gasteiger partial charge in [0.15, 0.2) is 9.84 Å². The topological polar surface area (TPSA) is 55.4 Å². The lowest BCUT2D eigenvalue weighted by atomic mass is 9.88. The average Bonchev–Trinajstić information content (AvgIpc) is 2.44. The molecule has 1 aromatic carbocycles. The van der Waals surface area contributed by atoms with E-state index in [-0.39, 0.29) is 0 Å².